The van der Waals surface area contributed by atoms with Gasteiger partial charge >= 0.3 is 5.97 Å². The van der Waals surface area contributed by atoms with Crippen molar-refractivity contribution < 1.29 is 19.4 Å². The van der Waals surface area contributed by atoms with Gasteiger partial charge in [-0.15, -0.1) is 0 Å². The molecule has 1 amide bonds. The third-order valence-electron chi connectivity index (χ3n) is 4.96. The zero-order chi connectivity index (χ0) is 25.1. The Hall–Kier alpha value is -2.09. The van der Waals surface area contributed by atoms with E-state index in [1.807, 2.05) is 42.5 Å². The molecule has 0 saturated carbocycles. The molecule has 1 fully saturated rings. The third-order valence-corrected chi connectivity index (χ3v) is 7.87. The van der Waals surface area contributed by atoms with Crippen molar-refractivity contribution in [2.75, 3.05) is 7.05 Å². The molecule has 1 saturated heterocycles. The molecule has 1 N–H and O–H groups in total. The van der Waals surface area contributed by atoms with Crippen LogP contribution in [0.4, 0.5) is 5.69 Å². The molecular formula is C25H17ClI2N2O4S. The predicted molar refractivity (Wildman–Crippen MR) is 156 cm³/mol. The quantitative estimate of drug-likeness (QED) is 0.217. The summed E-state index contributed by atoms with van der Waals surface area (Å²) in [5, 5.41) is 10.3. The second-order valence-corrected chi connectivity index (χ2v) is 11.2. The molecule has 178 valence electrons. The molecule has 1 heterocycles. The second-order valence-electron chi connectivity index (χ2n) is 7.45. The summed E-state index contributed by atoms with van der Waals surface area (Å²) in [5.41, 5.74) is 2.66. The zero-order valence-electron chi connectivity index (χ0n) is 18.2. The van der Waals surface area contributed by atoms with Crippen LogP contribution in [-0.2, 0) is 11.4 Å². The van der Waals surface area contributed by atoms with Crippen LogP contribution in [0.15, 0.2) is 70.6 Å². The van der Waals surface area contributed by atoms with Gasteiger partial charge in [-0.1, -0.05) is 23.7 Å². The van der Waals surface area contributed by atoms with Gasteiger partial charge in [0.25, 0.3) is 5.91 Å². The predicted octanol–water partition coefficient (Wildman–Crippen LogP) is 7.06. The number of nitrogens with zero attached hydrogens (tertiary/aromatic N) is 2. The minimum atomic E-state index is -0.998. The highest BCUT2D eigenvalue weighted by Crippen LogP contribution is 2.35. The number of ether oxygens (including phenoxy) is 1. The lowest BCUT2D eigenvalue weighted by molar-refractivity contribution is -0.121. The number of aliphatic imine (C=N–C) groups is 1. The number of hydrogen-bond acceptors (Lipinski definition) is 5. The summed E-state index contributed by atoms with van der Waals surface area (Å²) in [4.78, 5) is 30.4. The molecule has 1 aliphatic rings. The molecule has 0 bridgehead atoms. The number of amidine groups is 1. The van der Waals surface area contributed by atoms with Gasteiger partial charge in [0.15, 0.2) is 5.17 Å². The first-order valence-electron chi connectivity index (χ1n) is 10.2. The lowest BCUT2D eigenvalue weighted by Crippen LogP contribution is -2.23. The Kier molecular flexibility index (Phi) is 8.40. The van der Waals surface area contributed by atoms with Crippen LogP contribution in [0.3, 0.4) is 0 Å². The Balaban J connectivity index is 1.52. The Morgan fingerprint density at radius 1 is 1.11 bits per heavy atom. The molecule has 35 heavy (non-hydrogen) atoms. The molecule has 0 spiro atoms. The molecule has 0 atom stereocenters. The number of thioether (sulfide) groups is 1. The van der Waals surface area contributed by atoms with Gasteiger partial charge in [-0.25, -0.2) is 9.79 Å². The molecule has 0 aliphatic carbocycles. The van der Waals surface area contributed by atoms with Crippen molar-refractivity contribution in [2.45, 2.75) is 6.61 Å². The number of rotatable bonds is 6. The van der Waals surface area contributed by atoms with E-state index < -0.39 is 5.97 Å². The van der Waals surface area contributed by atoms with E-state index in [0.29, 0.717) is 27.4 Å². The van der Waals surface area contributed by atoms with Crippen molar-refractivity contribution in [2.24, 2.45) is 4.99 Å². The summed E-state index contributed by atoms with van der Waals surface area (Å²) in [6.07, 6.45) is 1.84. The van der Waals surface area contributed by atoms with E-state index in [2.05, 4.69) is 50.2 Å². The summed E-state index contributed by atoms with van der Waals surface area (Å²) < 4.78 is 7.92. The van der Waals surface area contributed by atoms with E-state index in [-0.39, 0.29) is 11.5 Å². The van der Waals surface area contributed by atoms with Crippen molar-refractivity contribution in [3.8, 4) is 5.75 Å². The van der Waals surface area contributed by atoms with Gasteiger partial charge in [0.05, 0.1) is 23.3 Å². The number of carboxylic acid groups (broad SMARTS) is 1. The summed E-state index contributed by atoms with van der Waals surface area (Å²) >= 11 is 11.7. The molecule has 0 radical (unpaired) electrons. The highest BCUT2D eigenvalue weighted by molar-refractivity contribution is 14.1. The number of amides is 1. The Bertz CT molecular complexity index is 1340. The standard InChI is InChI=1S/C25H17ClI2N2O4S/c1-30-23(31)21(35-25(30)29-18-8-4-16(5-9-18)24(32)33)12-15-10-19(27)22(20(28)11-15)34-13-14-2-6-17(26)7-3-14/h2-12H,13H2,1H3,(H,32,33). The van der Waals surface area contributed by atoms with Gasteiger partial charge in [-0.05, 0) is 123 Å². The lowest BCUT2D eigenvalue weighted by Gasteiger charge is -2.12. The van der Waals surface area contributed by atoms with Crippen LogP contribution in [-0.4, -0.2) is 34.1 Å². The summed E-state index contributed by atoms with van der Waals surface area (Å²) in [6, 6.07) is 17.7. The number of aromatic carboxylic acids is 1. The zero-order valence-corrected chi connectivity index (χ0v) is 24.1. The monoisotopic (exact) mass is 730 g/mol. The topological polar surface area (TPSA) is 79.2 Å². The van der Waals surface area contributed by atoms with Gasteiger partial charge < -0.3 is 9.84 Å². The maximum absolute atomic E-state index is 12.8. The average Bonchev–Trinajstić information content (AvgIpc) is 3.07. The number of halogens is 3. The van der Waals surface area contributed by atoms with E-state index in [1.165, 1.54) is 28.8 Å². The minimum absolute atomic E-state index is 0.149. The smallest absolute Gasteiger partial charge is 0.335 e. The lowest BCUT2D eigenvalue weighted by atomic mass is 10.2. The van der Waals surface area contributed by atoms with Crippen molar-refractivity contribution in [1.29, 1.82) is 0 Å². The van der Waals surface area contributed by atoms with E-state index in [0.717, 1.165) is 24.0 Å². The van der Waals surface area contributed by atoms with E-state index in [1.54, 1.807) is 19.2 Å². The Morgan fingerprint density at radius 3 is 2.34 bits per heavy atom. The summed E-state index contributed by atoms with van der Waals surface area (Å²) in [6.45, 7) is 0.427. The molecular weight excluding hydrogens is 714 g/mol. The maximum Gasteiger partial charge on any atom is 0.335 e. The van der Waals surface area contributed by atoms with Crippen LogP contribution in [0.1, 0.15) is 21.5 Å². The number of likely N-dealkylation sites (N-methyl/N-ethyl adjacent to an activating group) is 1. The van der Waals surface area contributed by atoms with Crippen molar-refractivity contribution in [3.05, 3.63) is 94.4 Å². The number of carbonyl (C=O) groups excluding carboxylic acids is 1. The molecule has 3 aromatic carbocycles. The summed E-state index contributed by atoms with van der Waals surface area (Å²) in [5.74, 6) is -0.357. The van der Waals surface area contributed by atoms with Crippen LogP contribution in [0.2, 0.25) is 5.02 Å². The fourth-order valence-corrected chi connectivity index (χ4v) is 6.37. The normalized spacial score (nSPS) is 15.8. The van der Waals surface area contributed by atoms with Crippen LogP contribution in [0, 0.1) is 7.14 Å². The first-order valence-corrected chi connectivity index (χ1v) is 13.5. The number of benzene rings is 3. The SMILES string of the molecule is CN1C(=O)C(=Cc2cc(I)c(OCc3ccc(Cl)cc3)c(I)c2)SC1=Nc1ccc(C(=O)O)cc1. The van der Waals surface area contributed by atoms with Gasteiger partial charge in [0.1, 0.15) is 12.4 Å². The fourth-order valence-electron chi connectivity index (χ4n) is 3.13. The molecule has 6 nitrogen and oxygen atoms in total. The third kappa shape index (κ3) is 6.38. The van der Waals surface area contributed by atoms with Gasteiger partial charge in [-0.3, -0.25) is 9.69 Å². The van der Waals surface area contributed by atoms with Gasteiger partial charge in [-0.2, -0.15) is 0 Å². The van der Waals surface area contributed by atoms with Gasteiger partial charge in [0.2, 0.25) is 0 Å². The molecule has 3 aromatic rings. The highest BCUT2D eigenvalue weighted by atomic mass is 127. The second kappa shape index (κ2) is 11.3. The first kappa shape index (κ1) is 26.0. The molecule has 1 aliphatic heterocycles. The number of carboxylic acids is 1. The van der Waals surface area contributed by atoms with Crippen LogP contribution in [0.5, 0.6) is 5.75 Å². The first-order chi connectivity index (χ1) is 16.7. The van der Waals surface area contributed by atoms with E-state index in [4.69, 9.17) is 21.4 Å². The molecule has 4 rings (SSSR count). The van der Waals surface area contributed by atoms with Crippen LogP contribution < -0.4 is 4.74 Å². The minimum Gasteiger partial charge on any atom is -0.487 e. The van der Waals surface area contributed by atoms with Crippen molar-refractivity contribution in [3.63, 3.8) is 0 Å². The van der Waals surface area contributed by atoms with Crippen molar-refractivity contribution in [1.82, 2.24) is 4.90 Å². The Morgan fingerprint density at radius 2 is 1.74 bits per heavy atom. The highest BCUT2D eigenvalue weighted by Gasteiger charge is 2.30. The van der Waals surface area contributed by atoms with Crippen LogP contribution >= 0.6 is 68.5 Å². The number of carbonyl (C=O) groups is 2. The van der Waals surface area contributed by atoms with Crippen LogP contribution in [0.25, 0.3) is 6.08 Å². The molecule has 0 unspecified atom stereocenters. The number of hydrogen-bond donors (Lipinski definition) is 1. The fraction of sp³-hybridized carbons (Fsp3) is 0.0800. The maximum atomic E-state index is 12.8. The average molecular weight is 731 g/mol. The Labute approximate surface area is 238 Å². The molecule has 0 aromatic heterocycles. The van der Waals surface area contributed by atoms with E-state index in [9.17, 15) is 9.59 Å². The van der Waals surface area contributed by atoms with E-state index >= 15 is 0 Å². The molecule has 10 heteroatoms. The van der Waals surface area contributed by atoms with Crippen molar-refractivity contribution >= 4 is 97.4 Å². The van der Waals surface area contributed by atoms with Gasteiger partial charge in [0, 0.05) is 12.1 Å². The summed E-state index contributed by atoms with van der Waals surface area (Å²) in [7, 11) is 1.67. The largest absolute Gasteiger partial charge is 0.487 e.